The molecular weight excluding hydrogens is 300 g/mol. The molecule has 0 aliphatic heterocycles. The molecule has 1 aromatic rings. The number of carbonyl (C=O) groups excluding carboxylic acids is 1. The molecule has 7 heteroatoms. The first-order valence-corrected chi connectivity index (χ1v) is 6.54. The van der Waals surface area contributed by atoms with E-state index in [1.807, 2.05) is 13.8 Å². The lowest BCUT2D eigenvalue weighted by Gasteiger charge is -2.19. The molecule has 0 aliphatic rings. The predicted octanol–water partition coefficient (Wildman–Crippen LogP) is 0.823. The first-order valence-electron chi connectivity index (χ1n) is 5.74. The quantitative estimate of drug-likeness (QED) is 0.873. The lowest BCUT2D eigenvalue weighted by molar-refractivity contribution is -0.128. The largest absolute Gasteiger partial charge is 0.374 e. The lowest BCUT2D eigenvalue weighted by atomic mass is 10.4. The fraction of sp³-hybridized carbons (Fsp3) is 0.545. The summed E-state index contributed by atoms with van der Waals surface area (Å²) >= 11 is 3.19. The van der Waals surface area contributed by atoms with Gasteiger partial charge in [-0.1, -0.05) is 0 Å². The molecule has 6 nitrogen and oxygen atoms in total. The molecule has 0 fully saturated rings. The van der Waals surface area contributed by atoms with Crippen LogP contribution in [0.3, 0.4) is 0 Å². The Morgan fingerprint density at radius 2 is 2.11 bits per heavy atom. The number of hydrogen-bond acceptors (Lipinski definition) is 4. The maximum absolute atomic E-state index is 11.8. The zero-order valence-corrected chi connectivity index (χ0v) is 12.3. The van der Waals surface area contributed by atoms with Gasteiger partial charge in [0, 0.05) is 20.1 Å². The molecule has 0 radical (unpaired) electrons. The topological polar surface area (TPSA) is 67.2 Å². The fourth-order valence-corrected chi connectivity index (χ4v) is 1.99. The second-order valence-electron chi connectivity index (χ2n) is 3.72. The van der Waals surface area contributed by atoms with Crippen molar-refractivity contribution in [3.05, 3.63) is 21.0 Å². The number of nitrogens with one attached hydrogen (secondary N) is 1. The average Bonchev–Trinajstić information content (AvgIpc) is 2.36. The molecule has 100 valence electrons. The SMILES string of the molecule is CCN(CC)C(=O)CNc1cnn(C)c(=O)c1Br. The molecular formula is C11H17BrN4O2. The summed E-state index contributed by atoms with van der Waals surface area (Å²) in [6.45, 7) is 5.35. The Balaban J connectivity index is 2.73. The number of amides is 1. The molecule has 0 aromatic carbocycles. The first kappa shape index (κ1) is 14.7. The number of halogens is 1. The molecule has 0 aliphatic carbocycles. The van der Waals surface area contributed by atoms with Crippen molar-refractivity contribution in [1.82, 2.24) is 14.7 Å². The van der Waals surface area contributed by atoms with Gasteiger partial charge in [0.2, 0.25) is 5.91 Å². The molecule has 1 rings (SSSR count). The van der Waals surface area contributed by atoms with Gasteiger partial charge in [0.1, 0.15) is 4.47 Å². The Hall–Kier alpha value is -1.37. The van der Waals surface area contributed by atoms with E-state index >= 15 is 0 Å². The minimum Gasteiger partial charge on any atom is -0.374 e. The third-order valence-corrected chi connectivity index (χ3v) is 3.39. The number of rotatable bonds is 5. The summed E-state index contributed by atoms with van der Waals surface area (Å²) in [5.74, 6) is -0.00687. The summed E-state index contributed by atoms with van der Waals surface area (Å²) in [5.41, 5.74) is 0.286. The van der Waals surface area contributed by atoms with Gasteiger partial charge in [0.15, 0.2) is 0 Å². The van der Waals surface area contributed by atoms with Crippen LogP contribution in [0.1, 0.15) is 13.8 Å². The Labute approximate surface area is 114 Å². The van der Waals surface area contributed by atoms with E-state index in [-0.39, 0.29) is 18.0 Å². The summed E-state index contributed by atoms with van der Waals surface area (Å²) in [6.07, 6.45) is 1.51. The second kappa shape index (κ2) is 6.53. The minimum absolute atomic E-state index is 0.00687. The van der Waals surface area contributed by atoms with Crippen molar-refractivity contribution in [3.8, 4) is 0 Å². The van der Waals surface area contributed by atoms with Gasteiger partial charge >= 0.3 is 0 Å². The molecule has 1 aromatic heterocycles. The van der Waals surface area contributed by atoms with Gasteiger partial charge in [-0.15, -0.1) is 0 Å². The van der Waals surface area contributed by atoms with Crippen molar-refractivity contribution in [2.45, 2.75) is 13.8 Å². The average molecular weight is 317 g/mol. The van der Waals surface area contributed by atoms with Crippen LogP contribution in [0.25, 0.3) is 0 Å². The zero-order valence-electron chi connectivity index (χ0n) is 10.7. The number of anilines is 1. The van der Waals surface area contributed by atoms with E-state index in [0.29, 0.717) is 23.2 Å². The number of likely N-dealkylation sites (N-methyl/N-ethyl adjacent to an activating group) is 1. The Bertz CT molecular complexity index is 482. The van der Waals surface area contributed by atoms with Crippen molar-refractivity contribution < 1.29 is 4.79 Å². The van der Waals surface area contributed by atoms with E-state index in [2.05, 4.69) is 26.3 Å². The lowest BCUT2D eigenvalue weighted by Crippen LogP contribution is -2.35. The Kier molecular flexibility index (Phi) is 5.33. The van der Waals surface area contributed by atoms with E-state index in [0.717, 1.165) is 0 Å². The Morgan fingerprint density at radius 3 is 2.67 bits per heavy atom. The van der Waals surface area contributed by atoms with Gasteiger partial charge in [0.25, 0.3) is 5.56 Å². The summed E-state index contributed by atoms with van der Waals surface area (Å²) < 4.78 is 1.61. The van der Waals surface area contributed by atoms with Gasteiger partial charge < -0.3 is 10.2 Å². The normalized spacial score (nSPS) is 10.2. The van der Waals surface area contributed by atoms with E-state index in [1.54, 1.807) is 11.9 Å². The van der Waals surface area contributed by atoms with Crippen LogP contribution in [0.5, 0.6) is 0 Å². The zero-order chi connectivity index (χ0) is 13.7. The highest BCUT2D eigenvalue weighted by Gasteiger charge is 2.11. The molecule has 0 spiro atoms. The molecule has 1 N–H and O–H groups in total. The van der Waals surface area contributed by atoms with E-state index in [9.17, 15) is 9.59 Å². The van der Waals surface area contributed by atoms with Crippen LogP contribution in [0, 0.1) is 0 Å². The number of hydrogen-bond donors (Lipinski definition) is 1. The van der Waals surface area contributed by atoms with Crippen molar-refractivity contribution in [2.24, 2.45) is 7.05 Å². The van der Waals surface area contributed by atoms with Gasteiger partial charge in [-0.2, -0.15) is 5.10 Å². The molecule has 1 heterocycles. The molecule has 0 unspecified atom stereocenters. The summed E-state index contributed by atoms with van der Waals surface area (Å²) in [6, 6.07) is 0. The van der Waals surface area contributed by atoms with E-state index in [4.69, 9.17) is 0 Å². The van der Waals surface area contributed by atoms with Crippen LogP contribution in [-0.4, -0.2) is 40.2 Å². The van der Waals surface area contributed by atoms with Crippen molar-refractivity contribution in [2.75, 3.05) is 25.0 Å². The maximum Gasteiger partial charge on any atom is 0.282 e. The molecule has 18 heavy (non-hydrogen) atoms. The minimum atomic E-state index is -0.240. The molecule has 0 atom stereocenters. The van der Waals surface area contributed by atoms with Gasteiger partial charge in [-0.3, -0.25) is 9.59 Å². The monoisotopic (exact) mass is 316 g/mol. The molecule has 1 amide bonds. The third kappa shape index (κ3) is 3.32. The van der Waals surface area contributed by atoms with Crippen molar-refractivity contribution in [1.29, 1.82) is 0 Å². The summed E-state index contributed by atoms with van der Waals surface area (Å²) in [4.78, 5) is 25.1. The number of nitrogens with zero attached hydrogens (tertiary/aromatic N) is 3. The van der Waals surface area contributed by atoms with Crippen LogP contribution in [0.4, 0.5) is 5.69 Å². The second-order valence-corrected chi connectivity index (χ2v) is 4.51. The van der Waals surface area contributed by atoms with E-state index in [1.165, 1.54) is 10.9 Å². The molecule has 0 bridgehead atoms. The number of aryl methyl sites for hydroxylation is 1. The third-order valence-electron chi connectivity index (χ3n) is 2.62. The highest BCUT2D eigenvalue weighted by Crippen LogP contribution is 2.15. The summed E-state index contributed by atoms with van der Waals surface area (Å²) in [7, 11) is 1.57. The van der Waals surface area contributed by atoms with Crippen LogP contribution in [0.15, 0.2) is 15.5 Å². The van der Waals surface area contributed by atoms with Crippen LogP contribution in [-0.2, 0) is 11.8 Å². The van der Waals surface area contributed by atoms with Crippen LogP contribution in [0.2, 0.25) is 0 Å². The van der Waals surface area contributed by atoms with Gasteiger partial charge in [-0.05, 0) is 29.8 Å². The molecule has 0 saturated carbocycles. The standard InChI is InChI=1S/C11H17BrN4O2/c1-4-16(5-2)9(17)7-13-8-6-14-15(3)11(18)10(8)12/h6,13H,4-5,7H2,1-3H3. The Morgan fingerprint density at radius 1 is 1.50 bits per heavy atom. The summed E-state index contributed by atoms with van der Waals surface area (Å²) in [5, 5.41) is 6.81. The van der Waals surface area contributed by atoms with Crippen LogP contribution < -0.4 is 10.9 Å². The van der Waals surface area contributed by atoms with Crippen molar-refractivity contribution >= 4 is 27.5 Å². The van der Waals surface area contributed by atoms with Crippen LogP contribution >= 0.6 is 15.9 Å². The predicted molar refractivity (Wildman–Crippen MR) is 73.6 cm³/mol. The molecule has 0 saturated heterocycles. The highest BCUT2D eigenvalue weighted by atomic mass is 79.9. The number of carbonyl (C=O) groups is 1. The smallest absolute Gasteiger partial charge is 0.282 e. The first-order chi connectivity index (χ1) is 8.51. The van der Waals surface area contributed by atoms with E-state index < -0.39 is 0 Å². The maximum atomic E-state index is 11.8. The van der Waals surface area contributed by atoms with Crippen molar-refractivity contribution in [3.63, 3.8) is 0 Å². The highest BCUT2D eigenvalue weighted by molar-refractivity contribution is 9.10. The number of aromatic nitrogens is 2. The fourth-order valence-electron chi connectivity index (χ4n) is 1.49. The van der Waals surface area contributed by atoms with Gasteiger partial charge in [-0.25, -0.2) is 4.68 Å². The van der Waals surface area contributed by atoms with Gasteiger partial charge in [0.05, 0.1) is 18.4 Å².